The van der Waals surface area contributed by atoms with Crippen molar-refractivity contribution in [1.82, 2.24) is 5.43 Å². The van der Waals surface area contributed by atoms with Gasteiger partial charge in [0.15, 0.2) is 16.6 Å². The van der Waals surface area contributed by atoms with Crippen LogP contribution in [0.1, 0.15) is 31.7 Å². The van der Waals surface area contributed by atoms with Crippen LogP contribution >= 0.6 is 12.2 Å². The SMILES string of the molecule is CCCCCOc1ccc(C=NNC(N)=S)cc1OC. The van der Waals surface area contributed by atoms with Gasteiger partial charge in [0, 0.05) is 0 Å². The van der Waals surface area contributed by atoms with Crippen molar-refractivity contribution in [2.45, 2.75) is 26.2 Å². The van der Waals surface area contributed by atoms with E-state index in [1.165, 1.54) is 6.42 Å². The molecule has 0 unspecified atom stereocenters. The maximum absolute atomic E-state index is 5.70. The topological polar surface area (TPSA) is 68.9 Å². The number of thiocarbonyl (C=S) groups is 1. The van der Waals surface area contributed by atoms with Gasteiger partial charge in [0.2, 0.25) is 0 Å². The van der Waals surface area contributed by atoms with E-state index in [1.807, 2.05) is 18.2 Å². The van der Waals surface area contributed by atoms with Crippen LogP contribution in [-0.2, 0) is 0 Å². The van der Waals surface area contributed by atoms with E-state index < -0.39 is 0 Å². The molecular formula is C14H21N3O2S. The average Bonchev–Trinajstić information content (AvgIpc) is 2.44. The minimum Gasteiger partial charge on any atom is -0.493 e. The van der Waals surface area contributed by atoms with Gasteiger partial charge in [-0.25, -0.2) is 0 Å². The summed E-state index contributed by atoms with van der Waals surface area (Å²) >= 11 is 4.66. The molecule has 110 valence electrons. The molecular weight excluding hydrogens is 274 g/mol. The Morgan fingerprint density at radius 2 is 2.20 bits per heavy atom. The molecule has 6 heteroatoms. The summed E-state index contributed by atoms with van der Waals surface area (Å²) < 4.78 is 11.0. The maximum Gasteiger partial charge on any atom is 0.184 e. The highest BCUT2D eigenvalue weighted by Gasteiger charge is 2.04. The van der Waals surface area contributed by atoms with Crippen molar-refractivity contribution in [2.75, 3.05) is 13.7 Å². The van der Waals surface area contributed by atoms with Gasteiger partial charge >= 0.3 is 0 Å². The summed E-state index contributed by atoms with van der Waals surface area (Å²) in [5, 5.41) is 4.02. The molecule has 0 bridgehead atoms. The number of methoxy groups -OCH3 is 1. The molecule has 0 radical (unpaired) electrons. The van der Waals surface area contributed by atoms with Gasteiger partial charge in [-0.1, -0.05) is 19.8 Å². The predicted octanol–water partition coefficient (Wildman–Crippen LogP) is 2.43. The van der Waals surface area contributed by atoms with Gasteiger partial charge in [0.25, 0.3) is 0 Å². The van der Waals surface area contributed by atoms with Gasteiger partial charge in [-0.05, 0) is 42.4 Å². The van der Waals surface area contributed by atoms with Gasteiger partial charge in [-0.3, -0.25) is 5.43 Å². The highest BCUT2D eigenvalue weighted by Crippen LogP contribution is 2.27. The summed E-state index contributed by atoms with van der Waals surface area (Å²) in [6, 6.07) is 5.61. The smallest absolute Gasteiger partial charge is 0.184 e. The molecule has 20 heavy (non-hydrogen) atoms. The van der Waals surface area contributed by atoms with Gasteiger partial charge in [0.1, 0.15) is 0 Å². The van der Waals surface area contributed by atoms with E-state index in [9.17, 15) is 0 Å². The second-order valence-electron chi connectivity index (χ2n) is 4.20. The van der Waals surface area contributed by atoms with Crippen LogP contribution in [0.4, 0.5) is 0 Å². The van der Waals surface area contributed by atoms with Crippen molar-refractivity contribution < 1.29 is 9.47 Å². The lowest BCUT2D eigenvalue weighted by Gasteiger charge is -2.11. The first kappa shape index (κ1) is 16.2. The quantitative estimate of drug-likeness (QED) is 0.334. The Hall–Kier alpha value is -1.82. The Morgan fingerprint density at radius 3 is 2.85 bits per heavy atom. The molecule has 0 spiro atoms. The van der Waals surface area contributed by atoms with Crippen LogP contribution in [0.5, 0.6) is 11.5 Å². The van der Waals surface area contributed by atoms with E-state index in [1.54, 1.807) is 13.3 Å². The van der Waals surface area contributed by atoms with Crippen LogP contribution < -0.4 is 20.6 Å². The van der Waals surface area contributed by atoms with E-state index in [0.29, 0.717) is 12.4 Å². The number of ether oxygens (including phenoxy) is 2. The van der Waals surface area contributed by atoms with E-state index >= 15 is 0 Å². The number of nitrogens with two attached hydrogens (primary N) is 1. The molecule has 5 nitrogen and oxygen atoms in total. The number of hydrogen-bond acceptors (Lipinski definition) is 4. The minimum absolute atomic E-state index is 0.129. The van der Waals surface area contributed by atoms with Crippen molar-refractivity contribution in [2.24, 2.45) is 10.8 Å². The summed E-state index contributed by atoms with van der Waals surface area (Å²) in [6.45, 7) is 2.86. The lowest BCUT2D eigenvalue weighted by Crippen LogP contribution is -2.23. The zero-order chi connectivity index (χ0) is 14.8. The molecule has 0 aliphatic heterocycles. The standard InChI is InChI=1S/C14H21N3O2S/c1-3-4-5-8-19-12-7-6-11(9-13(12)18-2)10-16-17-14(15)20/h6-7,9-10H,3-5,8H2,1-2H3,(H3,15,17,20). The Morgan fingerprint density at radius 1 is 1.40 bits per heavy atom. The van der Waals surface area contributed by atoms with E-state index in [4.69, 9.17) is 15.2 Å². The Kier molecular flexibility index (Phi) is 7.42. The van der Waals surface area contributed by atoms with Crippen LogP contribution in [0.25, 0.3) is 0 Å². The third-order valence-electron chi connectivity index (χ3n) is 2.58. The highest BCUT2D eigenvalue weighted by atomic mass is 32.1. The summed E-state index contributed by atoms with van der Waals surface area (Å²) in [6.07, 6.45) is 4.99. The average molecular weight is 295 g/mol. The van der Waals surface area contributed by atoms with Crippen LogP contribution in [-0.4, -0.2) is 25.0 Å². The zero-order valence-electron chi connectivity index (χ0n) is 11.9. The molecule has 0 saturated heterocycles. The van der Waals surface area contributed by atoms with E-state index in [0.717, 1.165) is 24.2 Å². The number of rotatable bonds is 8. The normalized spacial score (nSPS) is 10.5. The third-order valence-corrected chi connectivity index (χ3v) is 2.67. The summed E-state index contributed by atoms with van der Waals surface area (Å²) in [5.74, 6) is 1.42. The highest BCUT2D eigenvalue weighted by molar-refractivity contribution is 7.80. The largest absolute Gasteiger partial charge is 0.493 e. The van der Waals surface area contributed by atoms with E-state index in [-0.39, 0.29) is 5.11 Å². The number of hydrogen-bond donors (Lipinski definition) is 2. The van der Waals surface area contributed by atoms with E-state index in [2.05, 4.69) is 29.7 Å². The first-order valence-electron chi connectivity index (χ1n) is 6.56. The molecule has 0 atom stereocenters. The fourth-order valence-corrected chi connectivity index (χ4v) is 1.64. The lowest BCUT2D eigenvalue weighted by molar-refractivity contribution is 0.286. The molecule has 1 rings (SSSR count). The first-order valence-corrected chi connectivity index (χ1v) is 6.97. The van der Waals surface area contributed by atoms with Crippen molar-refractivity contribution in [3.05, 3.63) is 23.8 Å². The zero-order valence-corrected chi connectivity index (χ0v) is 12.7. The van der Waals surface area contributed by atoms with Crippen molar-refractivity contribution >= 4 is 23.5 Å². The second kappa shape index (κ2) is 9.14. The van der Waals surface area contributed by atoms with Crippen molar-refractivity contribution in [3.8, 4) is 11.5 Å². The number of nitrogens with zero attached hydrogens (tertiary/aromatic N) is 1. The molecule has 3 N–H and O–H groups in total. The molecule has 0 amide bonds. The molecule has 0 heterocycles. The lowest BCUT2D eigenvalue weighted by atomic mass is 10.2. The molecule has 0 fully saturated rings. The van der Waals surface area contributed by atoms with Crippen LogP contribution in [0.2, 0.25) is 0 Å². The number of nitrogens with one attached hydrogen (secondary N) is 1. The Balaban J connectivity index is 2.64. The van der Waals surface area contributed by atoms with Gasteiger partial charge in [0.05, 0.1) is 19.9 Å². The van der Waals surface area contributed by atoms with Crippen LogP contribution in [0.15, 0.2) is 23.3 Å². The molecule has 0 aliphatic carbocycles. The molecule has 0 aliphatic rings. The van der Waals surface area contributed by atoms with Crippen LogP contribution in [0, 0.1) is 0 Å². The summed E-state index contributed by atoms with van der Waals surface area (Å²) in [7, 11) is 1.61. The molecule has 0 aromatic heterocycles. The van der Waals surface area contributed by atoms with Gasteiger partial charge < -0.3 is 15.2 Å². The Labute approximate surface area is 125 Å². The monoisotopic (exact) mass is 295 g/mol. The minimum atomic E-state index is 0.129. The number of unbranched alkanes of at least 4 members (excludes halogenated alkanes) is 2. The van der Waals surface area contributed by atoms with Crippen molar-refractivity contribution in [1.29, 1.82) is 0 Å². The summed E-state index contributed by atoms with van der Waals surface area (Å²) in [5.41, 5.74) is 8.65. The third kappa shape index (κ3) is 5.88. The van der Waals surface area contributed by atoms with Gasteiger partial charge in [-0.2, -0.15) is 5.10 Å². The fourth-order valence-electron chi connectivity index (χ4n) is 1.59. The fraction of sp³-hybridized carbons (Fsp3) is 0.429. The molecule has 1 aromatic rings. The van der Waals surface area contributed by atoms with Gasteiger partial charge in [-0.15, -0.1) is 0 Å². The number of hydrazone groups is 1. The maximum atomic E-state index is 5.70. The predicted molar refractivity (Wildman–Crippen MR) is 85.5 cm³/mol. The van der Waals surface area contributed by atoms with Crippen molar-refractivity contribution in [3.63, 3.8) is 0 Å². The number of benzene rings is 1. The molecule has 0 saturated carbocycles. The Bertz CT molecular complexity index is 464. The molecule has 1 aromatic carbocycles. The summed E-state index contributed by atoms with van der Waals surface area (Å²) in [4.78, 5) is 0. The first-order chi connectivity index (χ1) is 9.67. The van der Waals surface area contributed by atoms with Crippen LogP contribution in [0.3, 0.4) is 0 Å². The second-order valence-corrected chi connectivity index (χ2v) is 4.64.